The van der Waals surface area contributed by atoms with E-state index < -0.39 is 0 Å². The predicted molar refractivity (Wildman–Crippen MR) is 126 cm³/mol. The lowest BCUT2D eigenvalue weighted by Crippen LogP contribution is -2.46. The molecule has 1 unspecified atom stereocenters. The fourth-order valence-corrected chi connectivity index (χ4v) is 4.59. The van der Waals surface area contributed by atoms with Gasteiger partial charge in [0.05, 0.1) is 19.7 Å². The fraction of sp³-hybridized carbons (Fsp3) is 0.423. The van der Waals surface area contributed by atoms with Gasteiger partial charge >= 0.3 is 0 Å². The van der Waals surface area contributed by atoms with E-state index in [9.17, 15) is 0 Å². The number of aromatic nitrogens is 1. The van der Waals surface area contributed by atoms with Crippen LogP contribution in [0, 0.1) is 0 Å². The largest absolute Gasteiger partial charge is 0.493 e. The third-order valence-electron chi connectivity index (χ3n) is 6.44. The first-order valence-corrected chi connectivity index (χ1v) is 11.1. The van der Waals surface area contributed by atoms with Crippen LogP contribution < -0.4 is 9.47 Å². The summed E-state index contributed by atoms with van der Waals surface area (Å²) in [5.74, 6) is 1.59. The van der Waals surface area contributed by atoms with Crippen LogP contribution in [0.2, 0.25) is 0 Å². The number of pyridine rings is 1. The van der Waals surface area contributed by atoms with Gasteiger partial charge in [-0.15, -0.1) is 0 Å². The number of fused-ring (bicyclic) bond motifs is 1. The van der Waals surface area contributed by atoms with Crippen molar-refractivity contribution in [1.29, 1.82) is 0 Å². The molecule has 0 aliphatic carbocycles. The van der Waals surface area contributed by atoms with Crippen molar-refractivity contribution in [3.8, 4) is 11.5 Å². The molecule has 0 bridgehead atoms. The minimum atomic E-state index is 0.585. The third-order valence-corrected chi connectivity index (χ3v) is 6.44. The smallest absolute Gasteiger partial charge is 0.160 e. The number of likely N-dealkylation sites (tertiary alicyclic amines) is 1. The molecule has 0 N–H and O–H groups in total. The molecule has 0 amide bonds. The molecule has 0 spiro atoms. The molecule has 4 rings (SSSR count). The van der Waals surface area contributed by atoms with E-state index in [-0.39, 0.29) is 0 Å². The van der Waals surface area contributed by atoms with Crippen molar-refractivity contribution in [1.82, 2.24) is 14.8 Å². The Morgan fingerprint density at radius 2 is 1.90 bits per heavy atom. The predicted octanol–water partition coefficient (Wildman–Crippen LogP) is 4.39. The first-order chi connectivity index (χ1) is 15.2. The van der Waals surface area contributed by atoms with E-state index in [0.29, 0.717) is 6.04 Å². The van der Waals surface area contributed by atoms with Gasteiger partial charge in [0.1, 0.15) is 0 Å². The second kappa shape index (κ2) is 10.1. The topological polar surface area (TPSA) is 37.8 Å². The number of methoxy groups -OCH3 is 2. The highest BCUT2D eigenvalue weighted by atomic mass is 16.5. The maximum atomic E-state index is 5.45. The standard InChI is InChI=1S/C26H33N3O2/c1-28(16-13-20-10-11-25(30-2)26(17-20)31-3)22-7-6-15-29(19-22)18-21-12-14-27-24-9-5-4-8-23(21)24/h4-5,8-12,14,17,22H,6-7,13,15-16,18-19H2,1-3H3. The molecule has 1 aliphatic rings. The maximum Gasteiger partial charge on any atom is 0.160 e. The molecule has 5 nitrogen and oxygen atoms in total. The lowest BCUT2D eigenvalue weighted by molar-refractivity contribution is 0.112. The summed E-state index contributed by atoms with van der Waals surface area (Å²) in [4.78, 5) is 9.63. The SMILES string of the molecule is COc1ccc(CCN(C)C2CCCN(Cc3ccnc4ccccc34)C2)cc1OC. The number of likely N-dealkylation sites (N-methyl/N-ethyl adjacent to an activating group) is 1. The molecule has 2 aromatic carbocycles. The molecule has 5 heteroatoms. The molecule has 1 aromatic heterocycles. The molecular weight excluding hydrogens is 386 g/mol. The van der Waals surface area contributed by atoms with Crippen LogP contribution in [0.1, 0.15) is 24.0 Å². The number of rotatable bonds is 8. The van der Waals surface area contributed by atoms with Crippen molar-refractivity contribution in [2.75, 3.05) is 40.9 Å². The number of hydrogen-bond acceptors (Lipinski definition) is 5. The van der Waals surface area contributed by atoms with E-state index in [1.54, 1.807) is 14.2 Å². The molecule has 2 heterocycles. The maximum absolute atomic E-state index is 5.45. The number of nitrogens with zero attached hydrogens (tertiary/aromatic N) is 3. The zero-order valence-corrected chi connectivity index (χ0v) is 18.9. The third kappa shape index (κ3) is 5.17. The van der Waals surface area contributed by atoms with Gasteiger partial charge in [-0.3, -0.25) is 9.88 Å². The Bertz CT molecular complexity index is 1000. The average molecular weight is 420 g/mol. The zero-order valence-electron chi connectivity index (χ0n) is 18.9. The van der Waals surface area contributed by atoms with Gasteiger partial charge < -0.3 is 14.4 Å². The van der Waals surface area contributed by atoms with Gasteiger partial charge in [-0.25, -0.2) is 0 Å². The molecule has 0 radical (unpaired) electrons. The molecule has 164 valence electrons. The van der Waals surface area contributed by atoms with E-state index >= 15 is 0 Å². The summed E-state index contributed by atoms with van der Waals surface area (Å²) in [5, 5.41) is 1.27. The van der Waals surface area contributed by atoms with Crippen LogP contribution in [0.25, 0.3) is 10.9 Å². The first-order valence-electron chi connectivity index (χ1n) is 11.1. The van der Waals surface area contributed by atoms with Crippen LogP contribution in [0.4, 0.5) is 0 Å². The van der Waals surface area contributed by atoms with Gasteiger partial charge in [0.15, 0.2) is 11.5 Å². The summed E-state index contributed by atoms with van der Waals surface area (Å²) in [6.07, 6.45) is 5.45. The number of ether oxygens (including phenoxy) is 2. The summed E-state index contributed by atoms with van der Waals surface area (Å²) in [6, 6.07) is 17.4. The minimum Gasteiger partial charge on any atom is -0.493 e. The van der Waals surface area contributed by atoms with E-state index in [2.05, 4.69) is 64.3 Å². The zero-order chi connectivity index (χ0) is 21.6. The Morgan fingerprint density at radius 3 is 2.74 bits per heavy atom. The van der Waals surface area contributed by atoms with Crippen molar-refractivity contribution in [3.05, 3.63) is 65.9 Å². The van der Waals surface area contributed by atoms with Gasteiger partial charge in [-0.05, 0) is 68.2 Å². The lowest BCUT2D eigenvalue weighted by Gasteiger charge is -2.38. The highest BCUT2D eigenvalue weighted by Crippen LogP contribution is 2.28. The lowest BCUT2D eigenvalue weighted by atomic mass is 10.0. The number of para-hydroxylation sites is 1. The van der Waals surface area contributed by atoms with Gasteiger partial charge in [-0.2, -0.15) is 0 Å². The summed E-state index contributed by atoms with van der Waals surface area (Å²) in [7, 11) is 5.63. The number of benzene rings is 2. The Hall–Kier alpha value is -2.63. The van der Waals surface area contributed by atoms with Crippen molar-refractivity contribution >= 4 is 10.9 Å². The van der Waals surface area contributed by atoms with Crippen molar-refractivity contribution < 1.29 is 9.47 Å². The molecular formula is C26H33N3O2. The van der Waals surface area contributed by atoms with Crippen molar-refractivity contribution in [2.24, 2.45) is 0 Å². The summed E-state index contributed by atoms with van der Waals surface area (Å²) in [5.41, 5.74) is 3.74. The first kappa shape index (κ1) is 21.6. The van der Waals surface area contributed by atoms with Crippen LogP contribution in [0.5, 0.6) is 11.5 Å². The molecule has 31 heavy (non-hydrogen) atoms. The number of hydrogen-bond donors (Lipinski definition) is 0. The molecule has 1 fully saturated rings. The Morgan fingerprint density at radius 1 is 1.06 bits per heavy atom. The summed E-state index contributed by atoms with van der Waals surface area (Å²) in [6.45, 7) is 4.30. The van der Waals surface area contributed by atoms with Gasteiger partial charge in [-0.1, -0.05) is 24.3 Å². The van der Waals surface area contributed by atoms with E-state index in [0.717, 1.165) is 49.6 Å². The Labute approximate surface area is 185 Å². The van der Waals surface area contributed by atoms with Crippen LogP contribution >= 0.6 is 0 Å². The normalized spacial score (nSPS) is 17.2. The van der Waals surface area contributed by atoms with Crippen LogP contribution in [0.3, 0.4) is 0 Å². The minimum absolute atomic E-state index is 0.585. The van der Waals surface area contributed by atoms with E-state index in [1.165, 1.54) is 29.4 Å². The summed E-state index contributed by atoms with van der Waals surface area (Å²) < 4.78 is 10.8. The van der Waals surface area contributed by atoms with Gasteiger partial charge in [0, 0.05) is 37.3 Å². The van der Waals surface area contributed by atoms with Crippen LogP contribution in [-0.2, 0) is 13.0 Å². The second-order valence-corrected chi connectivity index (χ2v) is 8.44. The molecule has 1 aliphatic heterocycles. The summed E-state index contributed by atoms with van der Waals surface area (Å²) >= 11 is 0. The monoisotopic (exact) mass is 419 g/mol. The molecule has 1 saturated heterocycles. The Balaban J connectivity index is 1.36. The average Bonchev–Trinajstić information content (AvgIpc) is 2.82. The van der Waals surface area contributed by atoms with Crippen LogP contribution in [0.15, 0.2) is 54.7 Å². The molecule has 3 aromatic rings. The highest BCUT2D eigenvalue weighted by molar-refractivity contribution is 5.81. The van der Waals surface area contributed by atoms with Crippen molar-refractivity contribution in [3.63, 3.8) is 0 Å². The highest BCUT2D eigenvalue weighted by Gasteiger charge is 2.23. The number of piperidine rings is 1. The van der Waals surface area contributed by atoms with E-state index in [1.807, 2.05) is 12.3 Å². The molecule has 0 saturated carbocycles. The quantitative estimate of drug-likeness (QED) is 0.541. The van der Waals surface area contributed by atoms with Gasteiger partial charge in [0.25, 0.3) is 0 Å². The fourth-order valence-electron chi connectivity index (χ4n) is 4.59. The van der Waals surface area contributed by atoms with Crippen LogP contribution in [-0.4, -0.2) is 61.7 Å². The molecule has 1 atom stereocenters. The van der Waals surface area contributed by atoms with Crippen molar-refractivity contribution in [2.45, 2.75) is 31.8 Å². The van der Waals surface area contributed by atoms with E-state index in [4.69, 9.17) is 9.47 Å². The second-order valence-electron chi connectivity index (χ2n) is 8.44. The Kier molecular flexibility index (Phi) is 7.05. The van der Waals surface area contributed by atoms with Gasteiger partial charge in [0.2, 0.25) is 0 Å².